The minimum absolute atomic E-state index is 0.0444. The number of hydrogen-bond donors (Lipinski definition) is 2. The summed E-state index contributed by atoms with van der Waals surface area (Å²) >= 11 is 4.36. The van der Waals surface area contributed by atoms with E-state index in [9.17, 15) is 4.79 Å². The average molecular weight is 283 g/mol. The Morgan fingerprint density at radius 2 is 1.63 bits per heavy atom. The Hall–Kier alpha value is -1.00. The van der Waals surface area contributed by atoms with Crippen molar-refractivity contribution in [2.75, 3.05) is 6.54 Å². The molecule has 0 aromatic heterocycles. The zero-order valence-electron chi connectivity index (χ0n) is 12.7. The predicted molar refractivity (Wildman–Crippen MR) is 82.8 cm³/mol. The molecule has 0 fully saturated rings. The van der Waals surface area contributed by atoms with Crippen molar-refractivity contribution >= 4 is 18.6 Å². The molecule has 0 heterocycles. The first kappa shape index (κ1) is 18.0. The molecule has 0 unspecified atom stereocenters. The van der Waals surface area contributed by atoms with Gasteiger partial charge in [0, 0.05) is 4.90 Å². The van der Waals surface area contributed by atoms with Gasteiger partial charge in [0.25, 0.3) is 0 Å². The van der Waals surface area contributed by atoms with Gasteiger partial charge in [-0.1, -0.05) is 17.7 Å². The molecule has 19 heavy (non-hydrogen) atoms. The summed E-state index contributed by atoms with van der Waals surface area (Å²) in [7, 11) is 0. The normalized spacial score (nSPS) is 10.5. The van der Waals surface area contributed by atoms with Crippen LogP contribution in [0.5, 0.6) is 0 Å². The molecule has 0 saturated carbocycles. The number of esters is 1. The molecule has 3 nitrogen and oxygen atoms in total. The number of benzene rings is 1. The van der Waals surface area contributed by atoms with Crippen LogP contribution in [0.15, 0.2) is 17.0 Å². The number of thiol groups is 1. The SMILES string of the molecule is CC(C)(C)OC(=O)CN.Cc1cc(C)c(S)c(C)c1. The van der Waals surface area contributed by atoms with Crippen molar-refractivity contribution in [1.29, 1.82) is 0 Å². The van der Waals surface area contributed by atoms with E-state index in [0.29, 0.717) is 0 Å². The molecular weight excluding hydrogens is 258 g/mol. The topological polar surface area (TPSA) is 52.3 Å². The first-order valence-corrected chi connectivity index (χ1v) is 6.70. The van der Waals surface area contributed by atoms with Gasteiger partial charge in [0.1, 0.15) is 5.60 Å². The maximum absolute atomic E-state index is 10.5. The number of rotatable bonds is 1. The Balaban J connectivity index is 0.000000344. The van der Waals surface area contributed by atoms with Crippen molar-refractivity contribution in [3.8, 4) is 0 Å². The van der Waals surface area contributed by atoms with E-state index < -0.39 is 5.60 Å². The van der Waals surface area contributed by atoms with Gasteiger partial charge in [-0.05, 0) is 52.7 Å². The monoisotopic (exact) mass is 283 g/mol. The van der Waals surface area contributed by atoms with Crippen LogP contribution >= 0.6 is 12.6 Å². The number of aryl methyl sites for hydroxylation is 3. The maximum atomic E-state index is 10.5. The molecule has 1 aromatic rings. The van der Waals surface area contributed by atoms with E-state index in [-0.39, 0.29) is 12.5 Å². The van der Waals surface area contributed by atoms with Crippen LogP contribution in [0, 0.1) is 20.8 Å². The standard InChI is InChI=1S/C9H12S.C6H13NO2/c1-6-4-7(2)9(10)8(3)5-6;1-6(2,3)9-5(8)4-7/h4-5,10H,1-3H3;4,7H2,1-3H3. The molecule has 1 rings (SSSR count). The van der Waals surface area contributed by atoms with Crippen LogP contribution in [-0.2, 0) is 9.53 Å². The van der Waals surface area contributed by atoms with E-state index in [4.69, 9.17) is 10.5 Å². The summed E-state index contributed by atoms with van der Waals surface area (Å²) < 4.78 is 4.82. The summed E-state index contributed by atoms with van der Waals surface area (Å²) in [5.41, 5.74) is 8.44. The molecule has 1 aromatic carbocycles. The molecule has 0 aliphatic heterocycles. The highest BCUT2D eigenvalue weighted by atomic mass is 32.1. The van der Waals surface area contributed by atoms with E-state index in [2.05, 4.69) is 45.5 Å². The van der Waals surface area contributed by atoms with Crippen molar-refractivity contribution in [2.45, 2.75) is 52.0 Å². The molecular formula is C15H25NO2S. The van der Waals surface area contributed by atoms with Gasteiger partial charge in [-0.2, -0.15) is 0 Å². The van der Waals surface area contributed by atoms with Crippen LogP contribution < -0.4 is 5.73 Å². The van der Waals surface area contributed by atoms with Crippen molar-refractivity contribution in [1.82, 2.24) is 0 Å². The molecule has 0 saturated heterocycles. The van der Waals surface area contributed by atoms with E-state index in [0.717, 1.165) is 4.90 Å². The third-order valence-corrected chi connectivity index (χ3v) is 2.93. The molecule has 0 radical (unpaired) electrons. The average Bonchev–Trinajstić information content (AvgIpc) is 2.24. The van der Waals surface area contributed by atoms with Crippen LogP contribution in [0.2, 0.25) is 0 Å². The van der Waals surface area contributed by atoms with E-state index >= 15 is 0 Å². The molecule has 4 heteroatoms. The molecule has 0 spiro atoms. The lowest BCUT2D eigenvalue weighted by Crippen LogP contribution is -2.28. The quantitative estimate of drug-likeness (QED) is 0.615. The van der Waals surface area contributed by atoms with Gasteiger partial charge < -0.3 is 10.5 Å². The fourth-order valence-electron chi connectivity index (χ4n) is 1.56. The second-order valence-electron chi connectivity index (χ2n) is 5.54. The van der Waals surface area contributed by atoms with E-state index in [1.165, 1.54) is 16.7 Å². The Morgan fingerprint density at radius 1 is 1.21 bits per heavy atom. The molecule has 0 aliphatic carbocycles. The van der Waals surface area contributed by atoms with Crippen LogP contribution in [0.4, 0.5) is 0 Å². The van der Waals surface area contributed by atoms with Crippen molar-refractivity contribution in [2.24, 2.45) is 5.73 Å². The number of carbonyl (C=O) groups excluding carboxylic acids is 1. The Kier molecular flexibility index (Phi) is 7.16. The minimum atomic E-state index is -0.406. The summed E-state index contributed by atoms with van der Waals surface area (Å²) in [6, 6.07) is 4.30. The van der Waals surface area contributed by atoms with E-state index in [1.807, 2.05) is 0 Å². The van der Waals surface area contributed by atoms with Gasteiger partial charge in [-0.3, -0.25) is 4.79 Å². The smallest absolute Gasteiger partial charge is 0.320 e. The molecule has 108 valence electrons. The van der Waals surface area contributed by atoms with Crippen LogP contribution in [0.25, 0.3) is 0 Å². The Labute approximate surface area is 121 Å². The van der Waals surface area contributed by atoms with Crippen molar-refractivity contribution in [3.05, 3.63) is 28.8 Å². The summed E-state index contributed by atoms with van der Waals surface area (Å²) in [5.74, 6) is -0.359. The lowest BCUT2D eigenvalue weighted by atomic mass is 10.1. The lowest BCUT2D eigenvalue weighted by Gasteiger charge is -2.18. The highest BCUT2D eigenvalue weighted by Crippen LogP contribution is 2.19. The summed E-state index contributed by atoms with van der Waals surface area (Å²) in [6.45, 7) is 11.6. The molecule has 2 N–H and O–H groups in total. The van der Waals surface area contributed by atoms with Gasteiger partial charge in [-0.15, -0.1) is 12.6 Å². The van der Waals surface area contributed by atoms with Gasteiger partial charge in [-0.25, -0.2) is 0 Å². The predicted octanol–water partition coefficient (Wildman–Crippen LogP) is 3.19. The highest BCUT2D eigenvalue weighted by Gasteiger charge is 2.13. The zero-order chi connectivity index (χ0) is 15.2. The fraction of sp³-hybridized carbons (Fsp3) is 0.533. The molecule has 0 amide bonds. The first-order valence-electron chi connectivity index (χ1n) is 6.25. The second-order valence-corrected chi connectivity index (χ2v) is 5.99. The third-order valence-electron chi connectivity index (χ3n) is 2.22. The zero-order valence-corrected chi connectivity index (χ0v) is 13.6. The Bertz CT molecular complexity index is 413. The number of nitrogens with two attached hydrogens (primary N) is 1. The van der Waals surface area contributed by atoms with Crippen molar-refractivity contribution in [3.63, 3.8) is 0 Å². The lowest BCUT2D eigenvalue weighted by molar-refractivity contribution is -0.152. The minimum Gasteiger partial charge on any atom is -0.459 e. The van der Waals surface area contributed by atoms with Gasteiger partial charge in [0.15, 0.2) is 0 Å². The molecule has 0 aliphatic rings. The summed E-state index contributed by atoms with van der Waals surface area (Å²) in [4.78, 5) is 11.6. The van der Waals surface area contributed by atoms with Crippen LogP contribution in [-0.4, -0.2) is 18.1 Å². The van der Waals surface area contributed by atoms with Crippen LogP contribution in [0.1, 0.15) is 37.5 Å². The highest BCUT2D eigenvalue weighted by molar-refractivity contribution is 7.80. The van der Waals surface area contributed by atoms with Crippen molar-refractivity contribution < 1.29 is 9.53 Å². The summed E-state index contributed by atoms with van der Waals surface area (Å²) in [6.07, 6.45) is 0. The van der Waals surface area contributed by atoms with Gasteiger partial charge in [0.05, 0.1) is 6.54 Å². The number of carbonyl (C=O) groups is 1. The molecule has 0 bridgehead atoms. The molecule has 0 atom stereocenters. The van der Waals surface area contributed by atoms with Gasteiger partial charge in [0.2, 0.25) is 0 Å². The second kappa shape index (κ2) is 7.56. The number of hydrogen-bond acceptors (Lipinski definition) is 4. The fourth-order valence-corrected chi connectivity index (χ4v) is 1.68. The number of ether oxygens (including phenoxy) is 1. The first-order chi connectivity index (χ1) is 8.56. The third kappa shape index (κ3) is 7.90. The van der Waals surface area contributed by atoms with E-state index in [1.54, 1.807) is 20.8 Å². The van der Waals surface area contributed by atoms with Gasteiger partial charge >= 0.3 is 5.97 Å². The largest absolute Gasteiger partial charge is 0.459 e. The summed E-state index contributed by atoms with van der Waals surface area (Å²) in [5, 5.41) is 0. The van der Waals surface area contributed by atoms with Crippen LogP contribution in [0.3, 0.4) is 0 Å². The Morgan fingerprint density at radius 3 is 1.89 bits per heavy atom. The maximum Gasteiger partial charge on any atom is 0.320 e.